The zero-order chi connectivity index (χ0) is 11.0. The number of phenolic OH excluding ortho intramolecular Hbond substituents is 1. The van der Waals surface area contributed by atoms with Gasteiger partial charge >= 0.3 is 5.97 Å². The van der Waals surface area contributed by atoms with E-state index >= 15 is 0 Å². The topological polar surface area (TPSA) is 89.0 Å². The van der Waals surface area contributed by atoms with E-state index in [0.29, 0.717) is 0 Å². The first-order chi connectivity index (χ1) is 6.37. The Bertz CT molecular complexity index is 389. The van der Waals surface area contributed by atoms with Gasteiger partial charge in [0.2, 0.25) is 11.6 Å². The Hall–Kier alpha value is -1.83. The molecule has 1 aromatic carbocycles. The van der Waals surface area contributed by atoms with E-state index in [4.69, 9.17) is 10.2 Å². The molecule has 0 spiro atoms. The fraction of sp³-hybridized carbons (Fsp3) is 0. The maximum Gasteiger partial charge on any atom is 0.341 e. The van der Waals surface area contributed by atoms with E-state index in [2.05, 4.69) is 0 Å². The summed E-state index contributed by atoms with van der Waals surface area (Å²) < 4.78 is 50.3. The van der Waals surface area contributed by atoms with Gasteiger partial charge in [0.25, 0.3) is 0 Å². The molecular formula is C7H4F4O4. The van der Waals surface area contributed by atoms with Gasteiger partial charge in [-0.1, -0.05) is 0 Å². The molecule has 0 aliphatic rings. The minimum absolute atomic E-state index is 0. The molecule has 0 heterocycles. The quantitative estimate of drug-likeness (QED) is 0.550. The Balaban J connectivity index is 0.00000196. The van der Waals surface area contributed by atoms with Crippen LogP contribution in [0.3, 0.4) is 0 Å². The molecule has 15 heavy (non-hydrogen) atoms. The van der Waals surface area contributed by atoms with Crippen LogP contribution in [0.15, 0.2) is 0 Å². The number of aromatic hydroxyl groups is 1. The van der Waals surface area contributed by atoms with Crippen LogP contribution < -0.4 is 0 Å². The van der Waals surface area contributed by atoms with E-state index in [0.717, 1.165) is 0 Å². The molecule has 0 fully saturated rings. The Morgan fingerprint density at radius 1 is 0.933 bits per heavy atom. The van der Waals surface area contributed by atoms with E-state index < -0.39 is 40.6 Å². The van der Waals surface area contributed by atoms with Gasteiger partial charge in [-0.2, -0.15) is 8.78 Å². The molecule has 4 nitrogen and oxygen atoms in total. The number of halogens is 4. The van der Waals surface area contributed by atoms with Gasteiger partial charge < -0.3 is 15.7 Å². The van der Waals surface area contributed by atoms with Crippen LogP contribution in [-0.2, 0) is 0 Å². The van der Waals surface area contributed by atoms with Crippen LogP contribution in [0.25, 0.3) is 0 Å². The van der Waals surface area contributed by atoms with Gasteiger partial charge in [0, 0.05) is 0 Å². The number of aromatic carboxylic acids is 1. The summed E-state index contributed by atoms with van der Waals surface area (Å²) in [4.78, 5) is 10.2. The number of rotatable bonds is 1. The molecule has 1 rings (SSSR count). The smallest absolute Gasteiger partial charge is 0.341 e. The highest BCUT2D eigenvalue weighted by atomic mass is 19.2. The zero-order valence-electron chi connectivity index (χ0n) is 6.81. The van der Waals surface area contributed by atoms with Gasteiger partial charge in [-0.05, 0) is 0 Å². The summed E-state index contributed by atoms with van der Waals surface area (Å²) in [6, 6.07) is 0. The number of hydrogen-bond acceptors (Lipinski definition) is 2. The molecule has 0 amide bonds. The van der Waals surface area contributed by atoms with Gasteiger partial charge in [-0.15, -0.1) is 0 Å². The van der Waals surface area contributed by atoms with Crippen molar-refractivity contribution in [1.29, 1.82) is 0 Å². The lowest BCUT2D eigenvalue weighted by Crippen LogP contribution is -2.09. The summed E-state index contributed by atoms with van der Waals surface area (Å²) in [6.45, 7) is 0. The molecule has 1 aromatic rings. The highest BCUT2D eigenvalue weighted by molar-refractivity contribution is 5.88. The third-order valence-electron chi connectivity index (χ3n) is 1.45. The van der Waals surface area contributed by atoms with Crippen molar-refractivity contribution in [3.8, 4) is 5.75 Å². The monoisotopic (exact) mass is 228 g/mol. The first kappa shape index (κ1) is 13.2. The Labute approximate surface area is 79.7 Å². The molecule has 0 aromatic heterocycles. The predicted molar refractivity (Wildman–Crippen MR) is 38.5 cm³/mol. The first-order valence-corrected chi connectivity index (χ1v) is 3.16. The fourth-order valence-electron chi connectivity index (χ4n) is 0.808. The van der Waals surface area contributed by atoms with Crippen molar-refractivity contribution < 1.29 is 38.0 Å². The molecule has 8 heteroatoms. The van der Waals surface area contributed by atoms with Gasteiger partial charge in [0.15, 0.2) is 17.4 Å². The van der Waals surface area contributed by atoms with E-state index in [1.54, 1.807) is 0 Å². The molecule has 0 unspecified atom stereocenters. The molecule has 0 atom stereocenters. The molecule has 4 N–H and O–H groups in total. The van der Waals surface area contributed by atoms with Gasteiger partial charge in [-0.3, -0.25) is 0 Å². The maximum absolute atomic E-state index is 12.6. The molecule has 0 aliphatic heterocycles. The highest BCUT2D eigenvalue weighted by Gasteiger charge is 2.28. The molecule has 0 radical (unpaired) electrons. The molecule has 0 saturated heterocycles. The van der Waals surface area contributed by atoms with E-state index in [9.17, 15) is 22.4 Å². The minimum atomic E-state index is -2.17. The number of carboxylic acids is 1. The van der Waals surface area contributed by atoms with Crippen molar-refractivity contribution in [1.82, 2.24) is 0 Å². The summed E-state index contributed by atoms with van der Waals surface area (Å²) in [6.07, 6.45) is 0. The first-order valence-electron chi connectivity index (χ1n) is 3.16. The molecule has 0 saturated carbocycles. The van der Waals surface area contributed by atoms with Crippen molar-refractivity contribution in [3.05, 3.63) is 28.8 Å². The largest absolute Gasteiger partial charge is 0.503 e. The van der Waals surface area contributed by atoms with Crippen LogP contribution in [0, 0.1) is 23.3 Å². The summed E-state index contributed by atoms with van der Waals surface area (Å²) in [5, 5.41) is 16.6. The number of hydrogen-bond donors (Lipinski definition) is 2. The van der Waals surface area contributed by atoms with E-state index in [-0.39, 0.29) is 5.48 Å². The number of carbonyl (C=O) groups is 1. The molecule has 84 valence electrons. The normalized spacial score (nSPS) is 9.60. The van der Waals surface area contributed by atoms with Crippen molar-refractivity contribution in [2.45, 2.75) is 0 Å². The lowest BCUT2D eigenvalue weighted by atomic mass is 10.1. The summed E-state index contributed by atoms with van der Waals surface area (Å²) in [5.74, 6) is -12.6. The molecular weight excluding hydrogens is 224 g/mol. The van der Waals surface area contributed by atoms with Gasteiger partial charge in [-0.25, -0.2) is 13.6 Å². The minimum Gasteiger partial charge on any atom is -0.503 e. The summed E-state index contributed by atoms with van der Waals surface area (Å²) >= 11 is 0. The SMILES string of the molecule is O.O=C(O)c1c(F)c(F)c(O)c(F)c1F. The second kappa shape index (κ2) is 4.13. The number of phenols is 1. The van der Waals surface area contributed by atoms with Crippen LogP contribution in [0.5, 0.6) is 5.75 Å². The van der Waals surface area contributed by atoms with Crippen molar-refractivity contribution in [2.75, 3.05) is 0 Å². The molecule has 0 bridgehead atoms. The third-order valence-corrected chi connectivity index (χ3v) is 1.45. The number of carboxylic acid groups (broad SMARTS) is 1. The Morgan fingerprint density at radius 2 is 1.27 bits per heavy atom. The average molecular weight is 228 g/mol. The van der Waals surface area contributed by atoms with Crippen LogP contribution >= 0.6 is 0 Å². The predicted octanol–water partition coefficient (Wildman–Crippen LogP) is 0.822. The zero-order valence-corrected chi connectivity index (χ0v) is 6.81. The summed E-state index contributed by atoms with van der Waals surface area (Å²) in [7, 11) is 0. The molecule has 0 aliphatic carbocycles. The van der Waals surface area contributed by atoms with Gasteiger partial charge in [0.05, 0.1) is 0 Å². The van der Waals surface area contributed by atoms with E-state index in [1.165, 1.54) is 0 Å². The maximum atomic E-state index is 12.6. The van der Waals surface area contributed by atoms with Crippen molar-refractivity contribution in [2.24, 2.45) is 0 Å². The Kier molecular flexibility index (Phi) is 3.63. The van der Waals surface area contributed by atoms with Gasteiger partial charge in [0.1, 0.15) is 5.56 Å². The number of benzene rings is 1. The Morgan fingerprint density at radius 3 is 1.53 bits per heavy atom. The summed E-state index contributed by atoms with van der Waals surface area (Å²) in [5.41, 5.74) is -1.78. The highest BCUT2D eigenvalue weighted by Crippen LogP contribution is 2.28. The lowest BCUT2D eigenvalue weighted by Gasteiger charge is -2.04. The van der Waals surface area contributed by atoms with Crippen LogP contribution in [0.2, 0.25) is 0 Å². The van der Waals surface area contributed by atoms with Crippen molar-refractivity contribution >= 4 is 5.97 Å². The lowest BCUT2D eigenvalue weighted by molar-refractivity contribution is 0.0683. The van der Waals surface area contributed by atoms with Crippen molar-refractivity contribution in [3.63, 3.8) is 0 Å². The van der Waals surface area contributed by atoms with Crippen LogP contribution in [0.1, 0.15) is 10.4 Å². The van der Waals surface area contributed by atoms with Crippen LogP contribution in [-0.4, -0.2) is 21.7 Å². The van der Waals surface area contributed by atoms with Crippen LogP contribution in [0.4, 0.5) is 17.6 Å². The third kappa shape index (κ3) is 1.84. The average Bonchev–Trinajstić information content (AvgIpc) is 2.11. The second-order valence-corrected chi connectivity index (χ2v) is 2.28. The second-order valence-electron chi connectivity index (χ2n) is 2.28. The standard InChI is InChI=1S/C7H2F4O3.H2O/c8-2-1(7(13)14)3(9)5(11)6(12)4(2)10;/h12H,(H,13,14);1H2. The van der Waals surface area contributed by atoms with E-state index in [1.807, 2.05) is 0 Å². The fourth-order valence-corrected chi connectivity index (χ4v) is 0.808.